The van der Waals surface area contributed by atoms with Crippen molar-refractivity contribution >= 4 is 33.4 Å². The molecule has 0 aromatic heterocycles. The second kappa shape index (κ2) is 4.63. The smallest absolute Gasteiger partial charge is 0.155 e. The maximum Gasteiger partial charge on any atom is 0.155 e. The van der Waals surface area contributed by atoms with E-state index in [2.05, 4.69) is 0 Å². The molecule has 3 nitrogen and oxygen atoms in total. The number of thioether (sulfide) groups is 2. The summed E-state index contributed by atoms with van der Waals surface area (Å²) in [4.78, 5) is 0. The van der Waals surface area contributed by atoms with Crippen LogP contribution in [-0.4, -0.2) is 55.1 Å². The molecule has 14 heavy (non-hydrogen) atoms. The Morgan fingerprint density at radius 3 is 2.79 bits per heavy atom. The van der Waals surface area contributed by atoms with Crippen LogP contribution in [0.15, 0.2) is 0 Å². The summed E-state index contributed by atoms with van der Waals surface area (Å²) in [5.74, 6) is 3.76. The summed E-state index contributed by atoms with van der Waals surface area (Å²) in [6, 6.07) is 0. The first-order valence-corrected chi connectivity index (χ1v) is 8.71. The van der Waals surface area contributed by atoms with E-state index < -0.39 is 9.84 Å². The number of hydrogen-bond donors (Lipinski definition) is 0. The van der Waals surface area contributed by atoms with Crippen LogP contribution in [0.5, 0.6) is 0 Å². The van der Waals surface area contributed by atoms with Gasteiger partial charge in [0, 0.05) is 22.5 Å². The lowest BCUT2D eigenvalue weighted by molar-refractivity contribution is 0.0739. The standard InChI is InChI=1S/C8H14O3S3/c9-14(10)4-1-11-7(6-14)8-5-12-2-3-13-8/h7-8H,1-6H2. The van der Waals surface area contributed by atoms with Crippen molar-refractivity contribution in [3.05, 3.63) is 0 Å². The number of ether oxygens (including phenoxy) is 1. The van der Waals surface area contributed by atoms with E-state index in [1.165, 1.54) is 5.75 Å². The van der Waals surface area contributed by atoms with Crippen LogP contribution in [-0.2, 0) is 14.6 Å². The zero-order valence-electron chi connectivity index (χ0n) is 7.85. The first kappa shape index (κ1) is 11.1. The molecule has 0 bridgehead atoms. The first-order valence-electron chi connectivity index (χ1n) is 4.69. The van der Waals surface area contributed by atoms with Crippen LogP contribution < -0.4 is 0 Å². The van der Waals surface area contributed by atoms with Crippen LogP contribution in [0.3, 0.4) is 0 Å². The fraction of sp³-hybridized carbons (Fsp3) is 1.00. The summed E-state index contributed by atoms with van der Waals surface area (Å²) in [5, 5.41) is 0.379. The van der Waals surface area contributed by atoms with Gasteiger partial charge in [-0.25, -0.2) is 8.42 Å². The fourth-order valence-corrected chi connectivity index (χ4v) is 5.95. The number of sulfone groups is 1. The van der Waals surface area contributed by atoms with Crippen molar-refractivity contribution in [1.82, 2.24) is 0 Å². The van der Waals surface area contributed by atoms with Crippen LogP contribution >= 0.6 is 23.5 Å². The molecule has 2 aliphatic heterocycles. The van der Waals surface area contributed by atoms with Crippen molar-refractivity contribution in [3.8, 4) is 0 Å². The van der Waals surface area contributed by atoms with Gasteiger partial charge in [0.15, 0.2) is 9.84 Å². The molecule has 2 heterocycles. The van der Waals surface area contributed by atoms with Gasteiger partial charge < -0.3 is 4.74 Å². The minimum atomic E-state index is -2.83. The minimum Gasteiger partial charge on any atom is -0.375 e. The Hall–Kier alpha value is 0.610. The Morgan fingerprint density at radius 2 is 2.14 bits per heavy atom. The van der Waals surface area contributed by atoms with Gasteiger partial charge in [0.2, 0.25) is 0 Å². The Kier molecular flexibility index (Phi) is 3.68. The number of rotatable bonds is 1. The topological polar surface area (TPSA) is 43.4 Å². The third-order valence-electron chi connectivity index (χ3n) is 2.40. The SMILES string of the molecule is O=S1(=O)CCOC(C2CSCCS2)C1. The molecule has 0 aliphatic carbocycles. The maximum absolute atomic E-state index is 11.4. The Labute approximate surface area is 93.3 Å². The summed E-state index contributed by atoms with van der Waals surface area (Å²) < 4.78 is 28.4. The van der Waals surface area contributed by atoms with Gasteiger partial charge in [-0.15, -0.1) is 0 Å². The van der Waals surface area contributed by atoms with E-state index in [0.717, 1.165) is 11.5 Å². The summed E-state index contributed by atoms with van der Waals surface area (Å²) >= 11 is 3.76. The summed E-state index contributed by atoms with van der Waals surface area (Å²) in [5.41, 5.74) is 0. The van der Waals surface area contributed by atoms with Crippen molar-refractivity contribution in [2.75, 3.05) is 35.4 Å². The largest absolute Gasteiger partial charge is 0.375 e. The van der Waals surface area contributed by atoms with Gasteiger partial charge in [0.1, 0.15) is 0 Å². The predicted molar refractivity (Wildman–Crippen MR) is 62.0 cm³/mol. The second-order valence-electron chi connectivity index (χ2n) is 3.51. The lowest BCUT2D eigenvalue weighted by Crippen LogP contribution is -2.42. The highest BCUT2D eigenvalue weighted by Crippen LogP contribution is 2.29. The van der Waals surface area contributed by atoms with Gasteiger partial charge in [0.05, 0.1) is 24.2 Å². The van der Waals surface area contributed by atoms with Gasteiger partial charge in [-0.1, -0.05) is 0 Å². The predicted octanol–water partition coefficient (Wildman–Crippen LogP) is 0.649. The lowest BCUT2D eigenvalue weighted by atomic mass is 10.3. The van der Waals surface area contributed by atoms with Gasteiger partial charge in [-0.3, -0.25) is 0 Å². The molecule has 0 N–H and O–H groups in total. The normalized spacial score (nSPS) is 38.0. The third-order valence-corrected chi connectivity index (χ3v) is 6.92. The van der Waals surface area contributed by atoms with Gasteiger partial charge in [-0.05, 0) is 0 Å². The monoisotopic (exact) mass is 254 g/mol. The lowest BCUT2D eigenvalue weighted by Gasteiger charge is -2.31. The van der Waals surface area contributed by atoms with Crippen LogP contribution in [0.1, 0.15) is 0 Å². The molecular weight excluding hydrogens is 240 g/mol. The van der Waals surface area contributed by atoms with Crippen molar-refractivity contribution < 1.29 is 13.2 Å². The molecule has 0 radical (unpaired) electrons. The summed E-state index contributed by atoms with van der Waals surface area (Å²) in [7, 11) is -2.83. The van der Waals surface area contributed by atoms with Gasteiger partial charge >= 0.3 is 0 Å². The molecule has 2 saturated heterocycles. The molecule has 2 atom stereocenters. The van der Waals surface area contributed by atoms with E-state index in [9.17, 15) is 8.42 Å². The molecule has 2 unspecified atom stereocenters. The summed E-state index contributed by atoms with van der Waals surface area (Å²) in [6.07, 6.45) is -0.0634. The van der Waals surface area contributed by atoms with E-state index >= 15 is 0 Å². The summed E-state index contributed by atoms with van der Waals surface area (Å²) in [6.45, 7) is 0.384. The molecule has 0 saturated carbocycles. The van der Waals surface area contributed by atoms with Crippen molar-refractivity contribution in [3.63, 3.8) is 0 Å². The Bertz CT molecular complexity index is 282. The minimum absolute atomic E-state index is 0.0634. The van der Waals surface area contributed by atoms with Crippen molar-refractivity contribution in [1.29, 1.82) is 0 Å². The van der Waals surface area contributed by atoms with Gasteiger partial charge in [-0.2, -0.15) is 23.5 Å². The zero-order valence-corrected chi connectivity index (χ0v) is 10.3. The third kappa shape index (κ3) is 2.81. The molecule has 2 aliphatic rings. The van der Waals surface area contributed by atoms with Crippen LogP contribution in [0.4, 0.5) is 0 Å². The quantitative estimate of drug-likeness (QED) is 0.687. The molecule has 2 fully saturated rings. The van der Waals surface area contributed by atoms with Crippen molar-refractivity contribution in [2.24, 2.45) is 0 Å². The number of hydrogen-bond acceptors (Lipinski definition) is 5. The van der Waals surface area contributed by atoms with E-state index in [0.29, 0.717) is 11.9 Å². The highest BCUT2D eigenvalue weighted by Gasteiger charge is 2.33. The molecule has 82 valence electrons. The highest BCUT2D eigenvalue weighted by atomic mass is 32.2. The highest BCUT2D eigenvalue weighted by molar-refractivity contribution is 8.06. The molecule has 0 aromatic carbocycles. The van der Waals surface area contributed by atoms with Crippen LogP contribution in [0.25, 0.3) is 0 Å². The molecule has 0 spiro atoms. The molecular formula is C8H14O3S3. The first-order chi connectivity index (χ1) is 6.67. The van der Waals surface area contributed by atoms with Crippen molar-refractivity contribution in [2.45, 2.75) is 11.4 Å². The molecule has 6 heteroatoms. The molecule has 0 amide bonds. The average Bonchev–Trinajstić information content (AvgIpc) is 2.18. The van der Waals surface area contributed by atoms with E-state index in [4.69, 9.17) is 4.74 Å². The van der Waals surface area contributed by atoms with Crippen LogP contribution in [0, 0.1) is 0 Å². The second-order valence-corrected chi connectivity index (χ2v) is 8.23. The Morgan fingerprint density at radius 1 is 1.29 bits per heavy atom. The van der Waals surface area contributed by atoms with E-state index in [1.807, 2.05) is 23.5 Å². The Balaban J connectivity index is 1.96. The average molecular weight is 254 g/mol. The van der Waals surface area contributed by atoms with E-state index in [-0.39, 0.29) is 17.6 Å². The van der Waals surface area contributed by atoms with E-state index in [1.54, 1.807) is 0 Å². The zero-order chi connectivity index (χ0) is 10.0. The molecule has 0 aromatic rings. The van der Waals surface area contributed by atoms with Gasteiger partial charge in [0.25, 0.3) is 0 Å². The molecule has 2 rings (SSSR count). The fourth-order valence-electron chi connectivity index (χ4n) is 1.64. The maximum atomic E-state index is 11.4. The van der Waals surface area contributed by atoms with Crippen LogP contribution in [0.2, 0.25) is 0 Å².